The van der Waals surface area contributed by atoms with Crippen molar-refractivity contribution in [3.05, 3.63) is 216 Å². The molecule has 0 atom stereocenters. The third-order valence-electron chi connectivity index (χ3n) is 11.2. The Morgan fingerprint density at radius 1 is 0.352 bits per heavy atom. The minimum atomic E-state index is -0.561. The highest BCUT2D eigenvalue weighted by molar-refractivity contribution is 6.05. The van der Waals surface area contributed by atoms with Crippen LogP contribution >= 0.6 is 0 Å². The topological polar surface area (TPSA) is 35.0 Å². The Balaban J connectivity index is 1.18. The van der Waals surface area contributed by atoms with Gasteiger partial charge in [-0.3, -0.25) is 0 Å². The SMILES string of the molecule is c1ccc(-c2nc(-c3cccc4c3Oc3ccccc3C43c4ccccc4-c4ccccc43)cc(-c3ccc(-c4ccccc4)c4ccccc34)n2)cc1. The van der Waals surface area contributed by atoms with Crippen molar-refractivity contribution >= 4 is 10.8 Å². The molecule has 0 fully saturated rings. The standard InChI is InChI=1S/C51H32N2O/c1-3-16-33(17-4-1)35-30-31-40(37-21-8-7-20-36(35)37)46-32-47(53-50(52-46)34-18-5-2-6-19-34)41-24-15-28-45-49(41)54-48-29-14-13-27-44(48)51(45)42-25-11-9-22-38(42)39-23-10-12-26-43(39)51/h1-32H. The van der Waals surface area contributed by atoms with Gasteiger partial charge in [-0.05, 0) is 62.4 Å². The molecule has 1 aromatic heterocycles. The van der Waals surface area contributed by atoms with E-state index in [0.717, 1.165) is 56.1 Å². The summed E-state index contributed by atoms with van der Waals surface area (Å²) in [5.74, 6) is 2.33. The molecule has 1 aliphatic heterocycles. The smallest absolute Gasteiger partial charge is 0.160 e. The van der Waals surface area contributed by atoms with Gasteiger partial charge in [0.15, 0.2) is 5.82 Å². The zero-order valence-electron chi connectivity index (χ0n) is 29.3. The molecule has 2 heterocycles. The summed E-state index contributed by atoms with van der Waals surface area (Å²) in [6, 6.07) is 68.8. The summed E-state index contributed by atoms with van der Waals surface area (Å²) in [7, 11) is 0. The fourth-order valence-corrected chi connectivity index (χ4v) is 8.91. The van der Waals surface area contributed by atoms with E-state index < -0.39 is 5.41 Å². The first-order chi connectivity index (χ1) is 26.8. The van der Waals surface area contributed by atoms with Crippen LogP contribution in [0.3, 0.4) is 0 Å². The highest BCUT2D eigenvalue weighted by Gasteiger charge is 2.51. The van der Waals surface area contributed by atoms with E-state index in [0.29, 0.717) is 5.82 Å². The molecule has 0 bridgehead atoms. The average molecular weight is 689 g/mol. The van der Waals surface area contributed by atoms with E-state index in [2.05, 4.69) is 176 Å². The molecule has 0 N–H and O–H groups in total. The molecule has 1 aliphatic carbocycles. The highest BCUT2D eigenvalue weighted by Crippen LogP contribution is 2.63. The van der Waals surface area contributed by atoms with E-state index in [9.17, 15) is 0 Å². The van der Waals surface area contributed by atoms with Crippen LogP contribution in [0.2, 0.25) is 0 Å². The Labute approximate surface area is 313 Å². The van der Waals surface area contributed by atoms with E-state index in [1.807, 2.05) is 18.2 Å². The van der Waals surface area contributed by atoms with Crippen LogP contribution < -0.4 is 4.74 Å². The maximum absolute atomic E-state index is 7.05. The summed E-state index contributed by atoms with van der Waals surface area (Å²) in [6.07, 6.45) is 0. The Morgan fingerprint density at radius 3 is 1.56 bits per heavy atom. The van der Waals surface area contributed by atoms with Crippen molar-refractivity contribution in [2.75, 3.05) is 0 Å². The zero-order chi connectivity index (χ0) is 35.6. The quantitative estimate of drug-likeness (QED) is 0.185. The van der Waals surface area contributed by atoms with E-state index in [1.54, 1.807) is 0 Å². The van der Waals surface area contributed by atoms with Crippen molar-refractivity contribution in [3.8, 4) is 67.7 Å². The Kier molecular flexibility index (Phi) is 6.77. The first kappa shape index (κ1) is 30.5. The number of aromatic nitrogens is 2. The third-order valence-corrected chi connectivity index (χ3v) is 11.2. The first-order valence-electron chi connectivity index (χ1n) is 18.4. The van der Waals surface area contributed by atoms with Crippen LogP contribution in [0.25, 0.3) is 66.9 Å². The van der Waals surface area contributed by atoms with Crippen molar-refractivity contribution in [1.82, 2.24) is 9.97 Å². The monoisotopic (exact) mass is 688 g/mol. The van der Waals surface area contributed by atoms with E-state index >= 15 is 0 Å². The summed E-state index contributed by atoms with van der Waals surface area (Å²) in [6.45, 7) is 0. The van der Waals surface area contributed by atoms with Crippen LogP contribution in [0, 0.1) is 0 Å². The van der Waals surface area contributed by atoms with Crippen molar-refractivity contribution in [1.29, 1.82) is 0 Å². The predicted octanol–water partition coefficient (Wildman–Crippen LogP) is 12.8. The Hall–Kier alpha value is -7.10. The molecule has 0 saturated heterocycles. The van der Waals surface area contributed by atoms with Crippen LogP contribution in [-0.4, -0.2) is 9.97 Å². The molecule has 1 spiro atoms. The number of ether oxygens (including phenoxy) is 1. The van der Waals surface area contributed by atoms with E-state index in [4.69, 9.17) is 14.7 Å². The van der Waals surface area contributed by atoms with E-state index in [-0.39, 0.29) is 0 Å². The summed E-state index contributed by atoms with van der Waals surface area (Å²) >= 11 is 0. The molecule has 0 amide bonds. The molecule has 0 unspecified atom stereocenters. The van der Waals surface area contributed by atoms with Gasteiger partial charge in [0, 0.05) is 27.8 Å². The van der Waals surface area contributed by atoms with Gasteiger partial charge in [-0.25, -0.2) is 9.97 Å². The van der Waals surface area contributed by atoms with Gasteiger partial charge in [-0.2, -0.15) is 0 Å². The van der Waals surface area contributed by atoms with Crippen molar-refractivity contribution < 1.29 is 4.74 Å². The number of nitrogens with zero attached hydrogens (tertiary/aromatic N) is 2. The molecule has 0 radical (unpaired) electrons. The fourth-order valence-electron chi connectivity index (χ4n) is 8.91. The lowest BCUT2D eigenvalue weighted by atomic mass is 9.65. The van der Waals surface area contributed by atoms with Crippen molar-refractivity contribution in [2.24, 2.45) is 0 Å². The minimum absolute atomic E-state index is 0.561. The lowest BCUT2D eigenvalue weighted by Gasteiger charge is -2.40. The zero-order valence-corrected chi connectivity index (χ0v) is 29.3. The van der Waals surface area contributed by atoms with Crippen LogP contribution in [0.4, 0.5) is 0 Å². The number of benzene rings is 8. The summed E-state index contributed by atoms with van der Waals surface area (Å²) in [5, 5.41) is 2.32. The lowest BCUT2D eigenvalue weighted by Crippen LogP contribution is -2.32. The molecule has 2 aliphatic rings. The number of rotatable bonds is 4. The van der Waals surface area contributed by atoms with Crippen LogP contribution in [-0.2, 0) is 5.41 Å². The van der Waals surface area contributed by atoms with Crippen molar-refractivity contribution in [3.63, 3.8) is 0 Å². The second-order valence-electron chi connectivity index (χ2n) is 14.0. The summed E-state index contributed by atoms with van der Waals surface area (Å²) in [4.78, 5) is 10.6. The van der Waals surface area contributed by atoms with E-state index in [1.165, 1.54) is 38.8 Å². The van der Waals surface area contributed by atoms with Gasteiger partial charge in [0.05, 0.1) is 16.8 Å². The molecular weight excluding hydrogens is 657 g/mol. The molecule has 252 valence electrons. The maximum atomic E-state index is 7.05. The fraction of sp³-hybridized carbons (Fsp3) is 0.0196. The number of hydrogen-bond donors (Lipinski definition) is 0. The predicted molar refractivity (Wildman–Crippen MR) is 219 cm³/mol. The van der Waals surface area contributed by atoms with Gasteiger partial charge in [0.1, 0.15) is 11.5 Å². The van der Waals surface area contributed by atoms with Gasteiger partial charge in [-0.15, -0.1) is 0 Å². The van der Waals surface area contributed by atoms with Gasteiger partial charge < -0.3 is 4.74 Å². The maximum Gasteiger partial charge on any atom is 0.160 e. The molecule has 9 aromatic rings. The Bertz CT molecular complexity index is 2870. The molecule has 11 rings (SSSR count). The first-order valence-corrected chi connectivity index (χ1v) is 18.4. The molecule has 0 saturated carbocycles. The second kappa shape index (κ2) is 12.0. The number of fused-ring (bicyclic) bond motifs is 10. The van der Waals surface area contributed by atoms with Crippen molar-refractivity contribution in [2.45, 2.75) is 5.41 Å². The molecule has 3 nitrogen and oxygen atoms in total. The van der Waals surface area contributed by atoms with Crippen LogP contribution in [0.15, 0.2) is 194 Å². The van der Waals surface area contributed by atoms with Gasteiger partial charge >= 0.3 is 0 Å². The third kappa shape index (κ3) is 4.42. The van der Waals surface area contributed by atoms with Gasteiger partial charge in [0.2, 0.25) is 0 Å². The number of hydrogen-bond acceptors (Lipinski definition) is 3. The Morgan fingerprint density at radius 2 is 0.852 bits per heavy atom. The van der Waals surface area contributed by atoms with Crippen LogP contribution in [0.1, 0.15) is 22.3 Å². The summed E-state index contributed by atoms with van der Waals surface area (Å²) < 4.78 is 7.05. The van der Waals surface area contributed by atoms with Gasteiger partial charge in [-0.1, -0.05) is 176 Å². The summed E-state index contributed by atoms with van der Waals surface area (Å²) in [5.41, 5.74) is 13.7. The normalized spacial score (nSPS) is 13.1. The lowest BCUT2D eigenvalue weighted by molar-refractivity contribution is 0.438. The number of para-hydroxylation sites is 2. The minimum Gasteiger partial charge on any atom is -0.456 e. The molecular formula is C51H32N2O. The van der Waals surface area contributed by atoms with Gasteiger partial charge in [0.25, 0.3) is 0 Å². The average Bonchev–Trinajstić information content (AvgIpc) is 3.54. The molecule has 54 heavy (non-hydrogen) atoms. The van der Waals surface area contributed by atoms with Crippen LogP contribution in [0.5, 0.6) is 11.5 Å². The largest absolute Gasteiger partial charge is 0.456 e. The molecule has 3 heteroatoms. The highest BCUT2D eigenvalue weighted by atomic mass is 16.5. The molecule has 8 aromatic carbocycles. The second-order valence-corrected chi connectivity index (χ2v) is 14.0.